The van der Waals surface area contributed by atoms with Crippen molar-refractivity contribution >= 4 is 23.1 Å². The van der Waals surface area contributed by atoms with Crippen LogP contribution >= 0.6 is 0 Å². The Kier molecular flexibility index (Phi) is 2.74. The van der Waals surface area contributed by atoms with Gasteiger partial charge in [-0.05, 0) is 43.2 Å². The molecule has 1 atom stereocenters. The second-order valence-electron chi connectivity index (χ2n) is 6.43. The molecule has 2 heterocycles. The molecule has 0 bridgehead atoms. The van der Waals surface area contributed by atoms with Crippen molar-refractivity contribution in [3.05, 3.63) is 53.6 Å². The van der Waals surface area contributed by atoms with E-state index in [1.165, 1.54) is 0 Å². The quantitative estimate of drug-likeness (QED) is 0.923. The van der Waals surface area contributed by atoms with E-state index in [9.17, 15) is 4.79 Å². The van der Waals surface area contributed by atoms with Crippen molar-refractivity contribution in [3.8, 4) is 5.75 Å². The second-order valence-corrected chi connectivity index (χ2v) is 6.43. The molecule has 3 aliphatic rings. The molecular weight excluding hydrogens is 302 g/mol. The smallest absolute Gasteiger partial charge is 0.255 e. The Balaban J connectivity index is 1.74. The molecule has 0 spiro atoms. The van der Waals surface area contributed by atoms with Crippen molar-refractivity contribution in [2.24, 2.45) is 10.9 Å². The van der Waals surface area contributed by atoms with Gasteiger partial charge in [0.1, 0.15) is 17.8 Å². The maximum Gasteiger partial charge on any atom is 0.255 e. The number of carbonyl (C=O) groups excluding carboxylic acids is 1. The first-order chi connectivity index (χ1) is 11.8. The molecule has 5 rings (SSSR count). The molecule has 2 aromatic rings. The zero-order valence-corrected chi connectivity index (χ0v) is 13.3. The lowest BCUT2D eigenvalue weighted by Crippen LogP contribution is -2.51. The number of carbonyl (C=O) groups is 1. The number of amidine groups is 1. The third-order valence-corrected chi connectivity index (χ3v) is 4.89. The summed E-state index contributed by atoms with van der Waals surface area (Å²) in [5.41, 5.74) is 3.53. The van der Waals surface area contributed by atoms with E-state index in [1.54, 1.807) is 7.11 Å². The van der Waals surface area contributed by atoms with E-state index < -0.39 is 0 Å². The second kappa shape index (κ2) is 4.84. The van der Waals surface area contributed by atoms with Gasteiger partial charge in [0.25, 0.3) is 5.91 Å². The fourth-order valence-electron chi connectivity index (χ4n) is 3.54. The Morgan fingerprint density at radius 2 is 2.04 bits per heavy atom. The third-order valence-electron chi connectivity index (χ3n) is 4.89. The zero-order valence-electron chi connectivity index (χ0n) is 13.3. The Morgan fingerprint density at radius 3 is 2.83 bits per heavy atom. The number of benzene rings is 2. The molecule has 0 saturated heterocycles. The molecule has 2 aliphatic heterocycles. The van der Waals surface area contributed by atoms with Crippen molar-refractivity contribution in [2.45, 2.75) is 19.0 Å². The van der Waals surface area contributed by atoms with Gasteiger partial charge < -0.3 is 15.0 Å². The lowest BCUT2D eigenvalue weighted by atomic mass is 9.99. The molecule has 24 heavy (non-hydrogen) atoms. The van der Waals surface area contributed by atoms with Gasteiger partial charge in [-0.25, -0.2) is 4.99 Å². The highest BCUT2D eigenvalue weighted by Crippen LogP contribution is 2.46. The number of hydrogen-bond acceptors (Lipinski definition) is 4. The van der Waals surface area contributed by atoms with Gasteiger partial charge in [0.2, 0.25) is 0 Å². The van der Waals surface area contributed by atoms with E-state index in [0.717, 1.165) is 41.4 Å². The molecule has 0 aromatic heterocycles. The van der Waals surface area contributed by atoms with Gasteiger partial charge >= 0.3 is 0 Å². The van der Waals surface area contributed by atoms with Gasteiger partial charge in [-0.3, -0.25) is 4.79 Å². The maximum absolute atomic E-state index is 12.6. The van der Waals surface area contributed by atoms with Crippen LogP contribution in [-0.2, 0) is 0 Å². The van der Waals surface area contributed by atoms with Crippen molar-refractivity contribution < 1.29 is 9.53 Å². The summed E-state index contributed by atoms with van der Waals surface area (Å²) in [5, 5.41) is 3.15. The van der Waals surface area contributed by atoms with Gasteiger partial charge in [-0.15, -0.1) is 0 Å². The summed E-state index contributed by atoms with van der Waals surface area (Å²) in [6.07, 6.45) is 2.08. The average Bonchev–Trinajstić information content (AvgIpc) is 3.46. The number of amides is 1. The summed E-state index contributed by atoms with van der Waals surface area (Å²) >= 11 is 0. The van der Waals surface area contributed by atoms with E-state index in [-0.39, 0.29) is 12.1 Å². The van der Waals surface area contributed by atoms with Crippen LogP contribution < -0.4 is 15.0 Å². The van der Waals surface area contributed by atoms with Crippen LogP contribution in [0.15, 0.2) is 47.5 Å². The van der Waals surface area contributed by atoms with Crippen molar-refractivity contribution in [1.82, 2.24) is 5.32 Å². The summed E-state index contributed by atoms with van der Waals surface area (Å²) in [4.78, 5) is 19.7. The number of fused-ring (bicyclic) bond motifs is 5. The molecule has 1 aliphatic carbocycles. The molecule has 2 aromatic carbocycles. The zero-order chi connectivity index (χ0) is 16.3. The Labute approximate surface area is 140 Å². The lowest BCUT2D eigenvalue weighted by molar-refractivity contribution is 0.0930. The predicted molar refractivity (Wildman–Crippen MR) is 91.9 cm³/mol. The molecule has 0 radical (unpaired) electrons. The summed E-state index contributed by atoms with van der Waals surface area (Å²) < 4.78 is 5.36. The van der Waals surface area contributed by atoms with Crippen molar-refractivity contribution in [3.63, 3.8) is 0 Å². The minimum Gasteiger partial charge on any atom is -0.497 e. The van der Waals surface area contributed by atoms with E-state index in [0.29, 0.717) is 11.5 Å². The highest BCUT2D eigenvalue weighted by molar-refractivity contribution is 6.12. The number of aliphatic imine (C=N–C) groups is 1. The fraction of sp³-hybridized carbons (Fsp3) is 0.263. The SMILES string of the molecule is COc1ccc2c(c1)[C@H]1NC(=O)c3ccccc3N1C(C1CC1)=N2. The molecule has 1 N–H and O–H groups in total. The van der Waals surface area contributed by atoms with Crippen LogP contribution in [0.1, 0.15) is 34.9 Å². The number of hydrogen-bond donors (Lipinski definition) is 1. The Morgan fingerprint density at radius 1 is 1.21 bits per heavy atom. The first kappa shape index (κ1) is 13.6. The van der Waals surface area contributed by atoms with Gasteiger partial charge in [-0.2, -0.15) is 0 Å². The highest BCUT2D eigenvalue weighted by Gasteiger charge is 2.43. The predicted octanol–water partition coefficient (Wildman–Crippen LogP) is 3.40. The van der Waals surface area contributed by atoms with Crippen LogP contribution in [0.2, 0.25) is 0 Å². The van der Waals surface area contributed by atoms with E-state index in [2.05, 4.69) is 10.2 Å². The summed E-state index contributed by atoms with van der Waals surface area (Å²) in [6, 6.07) is 13.6. The molecule has 1 amide bonds. The highest BCUT2D eigenvalue weighted by atomic mass is 16.5. The lowest BCUT2D eigenvalue weighted by Gasteiger charge is -2.42. The molecule has 120 valence electrons. The minimum atomic E-state index is -0.231. The largest absolute Gasteiger partial charge is 0.497 e. The number of rotatable bonds is 2. The molecular formula is C19H17N3O2. The van der Waals surface area contributed by atoms with Gasteiger partial charge in [0.05, 0.1) is 24.0 Å². The summed E-state index contributed by atoms with van der Waals surface area (Å²) in [5.74, 6) is 2.26. The van der Waals surface area contributed by atoms with Crippen LogP contribution in [0.25, 0.3) is 0 Å². The number of para-hydroxylation sites is 1. The molecule has 5 nitrogen and oxygen atoms in total. The monoisotopic (exact) mass is 319 g/mol. The summed E-state index contributed by atoms with van der Waals surface area (Å²) in [7, 11) is 1.65. The average molecular weight is 319 g/mol. The minimum absolute atomic E-state index is 0.0438. The fourth-order valence-corrected chi connectivity index (χ4v) is 3.54. The maximum atomic E-state index is 12.6. The van der Waals surface area contributed by atoms with Gasteiger partial charge in [0.15, 0.2) is 0 Å². The molecule has 1 saturated carbocycles. The number of nitrogens with zero attached hydrogens (tertiary/aromatic N) is 2. The molecule has 1 fully saturated rings. The summed E-state index contributed by atoms with van der Waals surface area (Å²) in [6.45, 7) is 0. The molecule has 5 heteroatoms. The van der Waals surface area contributed by atoms with Crippen LogP contribution in [-0.4, -0.2) is 18.9 Å². The Hall–Kier alpha value is -2.82. The van der Waals surface area contributed by atoms with Crippen LogP contribution in [0.4, 0.5) is 11.4 Å². The van der Waals surface area contributed by atoms with E-state index in [4.69, 9.17) is 9.73 Å². The Bertz CT molecular complexity index is 886. The third kappa shape index (κ3) is 1.87. The normalized spacial score (nSPS) is 21.2. The molecule has 0 unspecified atom stereocenters. The van der Waals surface area contributed by atoms with Gasteiger partial charge in [0, 0.05) is 11.5 Å². The first-order valence-electron chi connectivity index (χ1n) is 8.22. The topological polar surface area (TPSA) is 53.9 Å². The number of methoxy groups -OCH3 is 1. The number of nitrogens with one attached hydrogen (secondary N) is 1. The van der Waals surface area contributed by atoms with E-state index in [1.807, 2.05) is 42.5 Å². The number of anilines is 1. The number of ether oxygens (including phenoxy) is 1. The first-order valence-corrected chi connectivity index (χ1v) is 8.22. The van der Waals surface area contributed by atoms with Crippen LogP contribution in [0.5, 0.6) is 5.75 Å². The standard InChI is InChI=1S/C19H17N3O2/c1-24-12-8-9-15-14(10-12)18-21-19(23)13-4-2-3-5-16(13)22(18)17(20-15)11-6-7-11/h2-5,8-11,18H,6-7H2,1H3,(H,21,23)/t18-/m0/s1. The van der Waals surface area contributed by atoms with Crippen LogP contribution in [0, 0.1) is 5.92 Å². The van der Waals surface area contributed by atoms with E-state index >= 15 is 0 Å². The van der Waals surface area contributed by atoms with Crippen molar-refractivity contribution in [2.75, 3.05) is 12.0 Å². The van der Waals surface area contributed by atoms with Crippen LogP contribution in [0.3, 0.4) is 0 Å². The van der Waals surface area contributed by atoms with Crippen molar-refractivity contribution in [1.29, 1.82) is 0 Å². The van der Waals surface area contributed by atoms with Gasteiger partial charge in [-0.1, -0.05) is 12.1 Å².